The summed E-state index contributed by atoms with van der Waals surface area (Å²) in [5.74, 6) is 1.92. The summed E-state index contributed by atoms with van der Waals surface area (Å²) in [5, 5.41) is 27.0. The first-order valence-corrected chi connectivity index (χ1v) is 12.8. The molecule has 2 N–H and O–H groups in total. The number of rotatable bonds is 6. The number of aliphatic hydroxyl groups excluding tert-OH is 1. The van der Waals surface area contributed by atoms with Crippen molar-refractivity contribution < 1.29 is 15.1 Å². The molecule has 0 aromatic carbocycles. The lowest BCUT2D eigenvalue weighted by atomic mass is 9.43. The smallest absolute Gasteiger partial charge is 0.118 e. The van der Waals surface area contributed by atoms with Crippen molar-refractivity contribution in [2.24, 2.45) is 39.7 Å². The highest BCUT2D eigenvalue weighted by Crippen LogP contribution is 2.69. The minimum absolute atomic E-state index is 0.105. The standard InChI is InChI=1S/C26H46N2O3/c1-18(27-31-16-6-15-28(4)5)21-11-14-26(30)23-8-7-19-17-20(29)9-12-24(19,2)22(23)10-13-25(21,26)3/h19-23,29-30H,6-17H2,1-5H3/t19?,20?,21-,22+,23-,24+,25-,26-/m1/s1. The van der Waals surface area contributed by atoms with E-state index in [0.717, 1.165) is 63.6 Å². The van der Waals surface area contributed by atoms with Crippen LogP contribution in [0.2, 0.25) is 0 Å². The van der Waals surface area contributed by atoms with E-state index in [1.807, 2.05) is 0 Å². The van der Waals surface area contributed by atoms with Crippen molar-refractivity contribution in [3.05, 3.63) is 0 Å². The van der Waals surface area contributed by atoms with Crippen LogP contribution in [-0.4, -0.2) is 59.8 Å². The minimum Gasteiger partial charge on any atom is -0.396 e. The van der Waals surface area contributed by atoms with Crippen molar-refractivity contribution in [3.63, 3.8) is 0 Å². The molecular formula is C26H46N2O3. The number of nitrogens with zero attached hydrogens (tertiary/aromatic N) is 2. The molecule has 0 radical (unpaired) electrons. The zero-order chi connectivity index (χ0) is 22.4. The van der Waals surface area contributed by atoms with Crippen molar-refractivity contribution in [3.8, 4) is 0 Å². The van der Waals surface area contributed by atoms with Gasteiger partial charge in [-0.2, -0.15) is 0 Å². The molecule has 4 aliphatic carbocycles. The van der Waals surface area contributed by atoms with Gasteiger partial charge in [0, 0.05) is 17.9 Å². The predicted octanol–water partition coefficient (Wildman–Crippen LogP) is 4.47. The first kappa shape index (κ1) is 23.5. The van der Waals surface area contributed by atoms with Gasteiger partial charge in [0.1, 0.15) is 6.61 Å². The van der Waals surface area contributed by atoms with Crippen molar-refractivity contribution in [2.75, 3.05) is 27.2 Å². The summed E-state index contributed by atoms with van der Waals surface area (Å²) in [7, 11) is 4.16. The summed E-state index contributed by atoms with van der Waals surface area (Å²) < 4.78 is 0. The second kappa shape index (κ2) is 8.61. The molecule has 4 saturated carbocycles. The molecule has 178 valence electrons. The Kier molecular flexibility index (Phi) is 6.53. The maximum absolute atomic E-state index is 12.3. The van der Waals surface area contributed by atoms with Crippen LogP contribution >= 0.6 is 0 Å². The van der Waals surface area contributed by atoms with E-state index in [1.165, 1.54) is 12.8 Å². The summed E-state index contributed by atoms with van der Waals surface area (Å²) >= 11 is 0. The Morgan fingerprint density at radius 3 is 2.55 bits per heavy atom. The van der Waals surface area contributed by atoms with Gasteiger partial charge in [0.25, 0.3) is 0 Å². The molecule has 0 saturated heterocycles. The van der Waals surface area contributed by atoms with Crippen LogP contribution in [0.4, 0.5) is 0 Å². The van der Waals surface area contributed by atoms with Crippen molar-refractivity contribution >= 4 is 5.71 Å². The third-order valence-corrected chi connectivity index (χ3v) is 10.4. The van der Waals surface area contributed by atoms with Gasteiger partial charge in [-0.25, -0.2) is 0 Å². The third kappa shape index (κ3) is 3.87. The van der Waals surface area contributed by atoms with E-state index < -0.39 is 5.60 Å². The maximum Gasteiger partial charge on any atom is 0.118 e. The average molecular weight is 435 g/mol. The predicted molar refractivity (Wildman–Crippen MR) is 125 cm³/mol. The molecular weight excluding hydrogens is 388 g/mol. The molecule has 0 aliphatic heterocycles. The SMILES string of the molecule is CC(=NOCCCN(C)C)[C@H]1CC[C@@]2(O)[C@@H]3CCC4CC(O)CC[C@]4(C)[C@H]3CC[C@]12C. The van der Waals surface area contributed by atoms with Gasteiger partial charge in [-0.05, 0) is 108 Å². The monoisotopic (exact) mass is 434 g/mol. The highest BCUT2D eigenvalue weighted by molar-refractivity contribution is 5.85. The molecule has 8 atom stereocenters. The second-order valence-corrected chi connectivity index (χ2v) is 12.1. The molecule has 31 heavy (non-hydrogen) atoms. The lowest BCUT2D eigenvalue weighted by Crippen LogP contribution is -2.62. The largest absolute Gasteiger partial charge is 0.396 e. The Morgan fingerprint density at radius 1 is 1.03 bits per heavy atom. The molecule has 4 rings (SSSR count). The number of aliphatic hydroxyl groups is 2. The van der Waals surface area contributed by atoms with Gasteiger partial charge in [0.15, 0.2) is 0 Å². The highest BCUT2D eigenvalue weighted by atomic mass is 16.6. The average Bonchev–Trinajstić information content (AvgIpc) is 2.99. The topological polar surface area (TPSA) is 65.3 Å². The molecule has 0 spiro atoms. The molecule has 5 nitrogen and oxygen atoms in total. The first-order chi connectivity index (χ1) is 14.6. The first-order valence-electron chi connectivity index (χ1n) is 12.8. The van der Waals surface area contributed by atoms with Crippen LogP contribution in [0.3, 0.4) is 0 Å². The third-order valence-electron chi connectivity index (χ3n) is 10.4. The summed E-state index contributed by atoms with van der Waals surface area (Å²) in [4.78, 5) is 7.84. The molecule has 4 aliphatic rings. The minimum atomic E-state index is -0.591. The van der Waals surface area contributed by atoms with Gasteiger partial charge in [-0.3, -0.25) is 0 Å². The Morgan fingerprint density at radius 2 is 1.81 bits per heavy atom. The number of oxime groups is 1. The van der Waals surface area contributed by atoms with Crippen LogP contribution in [0, 0.1) is 34.5 Å². The highest BCUT2D eigenvalue weighted by Gasteiger charge is 2.67. The van der Waals surface area contributed by atoms with E-state index in [2.05, 4.69) is 44.9 Å². The second-order valence-electron chi connectivity index (χ2n) is 12.1. The molecule has 0 amide bonds. The molecule has 2 unspecified atom stereocenters. The summed E-state index contributed by atoms with van der Waals surface area (Å²) in [6.45, 7) is 8.59. The lowest BCUT2D eigenvalue weighted by molar-refractivity contribution is -0.206. The fraction of sp³-hybridized carbons (Fsp3) is 0.962. The summed E-state index contributed by atoms with van der Waals surface area (Å²) in [6, 6.07) is 0. The van der Waals surface area contributed by atoms with Crippen molar-refractivity contribution in [1.29, 1.82) is 0 Å². The van der Waals surface area contributed by atoms with E-state index in [0.29, 0.717) is 30.3 Å². The summed E-state index contributed by atoms with van der Waals surface area (Å²) in [5.41, 5.74) is 0.663. The number of fused-ring (bicyclic) bond motifs is 5. The van der Waals surface area contributed by atoms with Crippen LogP contribution in [0.25, 0.3) is 0 Å². The number of hydrogen-bond donors (Lipinski definition) is 2. The molecule has 0 bridgehead atoms. The Balaban J connectivity index is 1.48. The zero-order valence-corrected chi connectivity index (χ0v) is 20.6. The van der Waals surface area contributed by atoms with Crippen LogP contribution in [0.1, 0.15) is 85.0 Å². The van der Waals surface area contributed by atoms with E-state index in [4.69, 9.17) is 4.84 Å². The van der Waals surface area contributed by atoms with E-state index in [9.17, 15) is 10.2 Å². The van der Waals surface area contributed by atoms with Crippen LogP contribution in [0.15, 0.2) is 5.16 Å². The Bertz CT molecular complexity index is 682. The Hall–Kier alpha value is -0.650. The van der Waals surface area contributed by atoms with Crippen LogP contribution in [0.5, 0.6) is 0 Å². The normalized spacial score (nSPS) is 47.6. The van der Waals surface area contributed by atoms with Crippen LogP contribution in [-0.2, 0) is 4.84 Å². The molecule has 5 heteroatoms. The van der Waals surface area contributed by atoms with Gasteiger partial charge >= 0.3 is 0 Å². The van der Waals surface area contributed by atoms with Crippen LogP contribution < -0.4 is 0 Å². The van der Waals surface area contributed by atoms with Gasteiger partial charge < -0.3 is 20.0 Å². The maximum atomic E-state index is 12.3. The fourth-order valence-electron chi connectivity index (χ4n) is 8.53. The zero-order valence-electron chi connectivity index (χ0n) is 20.6. The fourth-order valence-corrected chi connectivity index (χ4v) is 8.53. The molecule has 0 aromatic rings. The van der Waals surface area contributed by atoms with Gasteiger partial charge in [0.05, 0.1) is 17.4 Å². The summed E-state index contributed by atoms with van der Waals surface area (Å²) in [6.07, 6.45) is 10.4. The van der Waals surface area contributed by atoms with Gasteiger partial charge in [-0.15, -0.1) is 0 Å². The van der Waals surface area contributed by atoms with E-state index in [1.54, 1.807) is 0 Å². The number of hydrogen-bond acceptors (Lipinski definition) is 5. The van der Waals surface area contributed by atoms with E-state index >= 15 is 0 Å². The molecule has 4 fully saturated rings. The van der Waals surface area contributed by atoms with Gasteiger partial charge in [-0.1, -0.05) is 19.0 Å². The van der Waals surface area contributed by atoms with E-state index in [-0.39, 0.29) is 16.9 Å². The van der Waals surface area contributed by atoms with Crippen molar-refractivity contribution in [2.45, 2.75) is 96.7 Å². The van der Waals surface area contributed by atoms with Crippen molar-refractivity contribution in [1.82, 2.24) is 4.90 Å². The Labute approximate surface area is 189 Å². The quantitative estimate of drug-likeness (QED) is 0.368. The molecule has 0 heterocycles. The van der Waals surface area contributed by atoms with Gasteiger partial charge in [0.2, 0.25) is 0 Å². The lowest BCUT2D eigenvalue weighted by Gasteiger charge is -2.63. The molecule has 0 aromatic heterocycles.